The fraction of sp³-hybridized carbons (Fsp3) is 0.889. The summed E-state index contributed by atoms with van der Waals surface area (Å²) in [7, 11) is -3.15. The van der Waals surface area contributed by atoms with Crippen LogP contribution < -0.4 is 0 Å². The minimum absolute atomic E-state index is 0.167. The Bertz CT molecular complexity index is 288. The van der Waals surface area contributed by atoms with E-state index in [1.807, 2.05) is 0 Å². The second-order valence-electron chi connectivity index (χ2n) is 3.87. The lowest BCUT2D eigenvalue weighted by atomic mass is 9.95. The summed E-state index contributed by atoms with van der Waals surface area (Å²) in [5.74, 6) is -0.165. The summed E-state index contributed by atoms with van der Waals surface area (Å²) in [6, 6.07) is 0. The van der Waals surface area contributed by atoms with Gasteiger partial charge in [0.15, 0.2) is 9.84 Å². The van der Waals surface area contributed by atoms with Crippen molar-refractivity contribution in [1.29, 1.82) is 0 Å². The van der Waals surface area contributed by atoms with Gasteiger partial charge in [-0.15, -0.1) is 0 Å². The van der Waals surface area contributed by atoms with Gasteiger partial charge in [0, 0.05) is 25.9 Å². The van der Waals surface area contributed by atoms with E-state index < -0.39 is 9.84 Å². The van der Waals surface area contributed by atoms with Crippen LogP contribution in [0, 0.1) is 5.92 Å². The standard InChI is InChI=1S/C9H16O4S/c1-14(11,12)7-9(10)6-8-2-4-13-5-3-8/h8H,2-7H2,1H3. The molecule has 4 nitrogen and oxygen atoms in total. The topological polar surface area (TPSA) is 60.4 Å². The first-order chi connectivity index (χ1) is 6.47. The summed E-state index contributed by atoms with van der Waals surface area (Å²) in [5, 5.41) is 0. The molecule has 1 saturated heterocycles. The SMILES string of the molecule is CS(=O)(=O)CC(=O)CC1CCOCC1. The zero-order chi connectivity index (χ0) is 10.6. The van der Waals surface area contributed by atoms with Gasteiger partial charge < -0.3 is 4.74 Å². The van der Waals surface area contributed by atoms with Crippen LogP contribution in [0.4, 0.5) is 0 Å². The van der Waals surface area contributed by atoms with Gasteiger partial charge in [-0.3, -0.25) is 4.79 Å². The minimum atomic E-state index is -3.15. The van der Waals surface area contributed by atoms with Gasteiger partial charge in [0.25, 0.3) is 0 Å². The third-order valence-electron chi connectivity index (χ3n) is 2.28. The Labute approximate surface area is 84.6 Å². The molecule has 0 amide bonds. The number of sulfone groups is 1. The van der Waals surface area contributed by atoms with Crippen molar-refractivity contribution < 1.29 is 17.9 Å². The van der Waals surface area contributed by atoms with Crippen molar-refractivity contribution in [2.75, 3.05) is 25.2 Å². The van der Waals surface area contributed by atoms with Crippen LogP contribution in [0.15, 0.2) is 0 Å². The molecular formula is C9H16O4S. The van der Waals surface area contributed by atoms with E-state index in [-0.39, 0.29) is 11.5 Å². The average Bonchev–Trinajstić information content (AvgIpc) is 2.02. The van der Waals surface area contributed by atoms with Crippen molar-refractivity contribution in [3.05, 3.63) is 0 Å². The van der Waals surface area contributed by atoms with E-state index in [1.54, 1.807) is 0 Å². The van der Waals surface area contributed by atoms with Gasteiger partial charge in [-0.05, 0) is 18.8 Å². The summed E-state index contributed by atoms with van der Waals surface area (Å²) in [6.07, 6.45) is 3.22. The Balaban J connectivity index is 2.32. The predicted octanol–water partition coefficient (Wildman–Crippen LogP) is 0.417. The van der Waals surface area contributed by atoms with Crippen molar-refractivity contribution in [3.63, 3.8) is 0 Å². The molecule has 0 aromatic carbocycles. The van der Waals surface area contributed by atoms with E-state index in [1.165, 1.54) is 0 Å². The molecule has 0 aromatic rings. The largest absolute Gasteiger partial charge is 0.381 e. The first-order valence-electron chi connectivity index (χ1n) is 4.74. The zero-order valence-corrected chi connectivity index (χ0v) is 9.18. The Kier molecular flexibility index (Phi) is 4.07. The van der Waals surface area contributed by atoms with Gasteiger partial charge in [-0.25, -0.2) is 8.42 Å². The molecule has 1 aliphatic rings. The normalized spacial score (nSPS) is 19.5. The van der Waals surface area contributed by atoms with Gasteiger partial charge in [0.1, 0.15) is 11.5 Å². The number of hydrogen-bond donors (Lipinski definition) is 0. The van der Waals surface area contributed by atoms with Gasteiger partial charge in [-0.2, -0.15) is 0 Å². The summed E-state index contributed by atoms with van der Waals surface area (Å²) >= 11 is 0. The second kappa shape index (κ2) is 4.89. The van der Waals surface area contributed by atoms with Crippen LogP contribution in [0.1, 0.15) is 19.3 Å². The molecule has 82 valence electrons. The lowest BCUT2D eigenvalue weighted by Crippen LogP contribution is -2.22. The molecule has 0 unspecified atom stereocenters. The van der Waals surface area contributed by atoms with Crippen LogP contribution in [0.25, 0.3) is 0 Å². The summed E-state index contributed by atoms with van der Waals surface area (Å²) in [4.78, 5) is 11.3. The molecule has 0 atom stereocenters. The maximum absolute atomic E-state index is 11.3. The molecule has 0 spiro atoms. The summed E-state index contributed by atoms with van der Waals surface area (Å²) in [6.45, 7) is 1.38. The monoisotopic (exact) mass is 220 g/mol. The molecule has 14 heavy (non-hydrogen) atoms. The molecule has 5 heteroatoms. The number of ketones is 1. The molecule has 0 aliphatic carbocycles. The highest BCUT2D eigenvalue weighted by molar-refractivity contribution is 7.91. The number of Topliss-reactive ketones (excluding diaryl/α,β-unsaturated/α-hetero) is 1. The average molecular weight is 220 g/mol. The van der Waals surface area contributed by atoms with Gasteiger partial charge in [-0.1, -0.05) is 0 Å². The highest BCUT2D eigenvalue weighted by atomic mass is 32.2. The molecular weight excluding hydrogens is 204 g/mol. The fourth-order valence-electron chi connectivity index (χ4n) is 1.62. The molecule has 0 radical (unpaired) electrons. The van der Waals surface area contributed by atoms with Crippen LogP contribution in [0.3, 0.4) is 0 Å². The lowest BCUT2D eigenvalue weighted by Gasteiger charge is -2.20. The third kappa shape index (κ3) is 4.72. The Morgan fingerprint density at radius 2 is 1.93 bits per heavy atom. The molecule has 1 rings (SSSR count). The maximum atomic E-state index is 11.3. The van der Waals surface area contributed by atoms with E-state index in [0.29, 0.717) is 25.6 Å². The molecule has 0 aromatic heterocycles. The minimum Gasteiger partial charge on any atom is -0.381 e. The van der Waals surface area contributed by atoms with Crippen molar-refractivity contribution >= 4 is 15.6 Å². The molecule has 1 heterocycles. The second-order valence-corrected chi connectivity index (χ2v) is 6.01. The highest BCUT2D eigenvalue weighted by Crippen LogP contribution is 2.18. The number of rotatable bonds is 4. The molecule has 0 N–H and O–H groups in total. The third-order valence-corrected chi connectivity index (χ3v) is 3.13. The van der Waals surface area contributed by atoms with E-state index in [4.69, 9.17) is 4.74 Å². The zero-order valence-electron chi connectivity index (χ0n) is 8.36. The molecule has 0 saturated carbocycles. The summed E-state index contributed by atoms with van der Waals surface area (Å²) < 4.78 is 26.8. The number of carbonyl (C=O) groups excluding carboxylic acids is 1. The van der Waals surface area contributed by atoms with Crippen LogP contribution >= 0.6 is 0 Å². The van der Waals surface area contributed by atoms with Gasteiger partial charge >= 0.3 is 0 Å². The molecule has 0 bridgehead atoms. The maximum Gasteiger partial charge on any atom is 0.154 e. The smallest absolute Gasteiger partial charge is 0.154 e. The van der Waals surface area contributed by atoms with Gasteiger partial charge in [0.05, 0.1) is 0 Å². The van der Waals surface area contributed by atoms with Crippen molar-refractivity contribution in [3.8, 4) is 0 Å². The van der Waals surface area contributed by atoms with E-state index in [9.17, 15) is 13.2 Å². The predicted molar refractivity (Wildman–Crippen MR) is 52.9 cm³/mol. The quantitative estimate of drug-likeness (QED) is 0.688. The van der Waals surface area contributed by atoms with Crippen molar-refractivity contribution in [1.82, 2.24) is 0 Å². The van der Waals surface area contributed by atoms with Crippen LogP contribution in [-0.4, -0.2) is 39.4 Å². The van der Waals surface area contributed by atoms with Crippen molar-refractivity contribution in [2.45, 2.75) is 19.3 Å². The summed E-state index contributed by atoms with van der Waals surface area (Å²) in [5.41, 5.74) is 0. The van der Waals surface area contributed by atoms with Crippen molar-refractivity contribution in [2.24, 2.45) is 5.92 Å². The Morgan fingerprint density at radius 1 is 1.36 bits per heavy atom. The lowest BCUT2D eigenvalue weighted by molar-refractivity contribution is -0.118. The number of ether oxygens (including phenoxy) is 1. The number of hydrogen-bond acceptors (Lipinski definition) is 4. The Hall–Kier alpha value is -0.420. The van der Waals surface area contributed by atoms with E-state index >= 15 is 0 Å². The first kappa shape index (κ1) is 11.7. The highest BCUT2D eigenvalue weighted by Gasteiger charge is 2.19. The molecule has 1 fully saturated rings. The van der Waals surface area contributed by atoms with Gasteiger partial charge in [0.2, 0.25) is 0 Å². The van der Waals surface area contributed by atoms with Crippen LogP contribution in [0.2, 0.25) is 0 Å². The van der Waals surface area contributed by atoms with E-state index in [0.717, 1.165) is 19.1 Å². The fourth-order valence-corrected chi connectivity index (χ4v) is 2.33. The van der Waals surface area contributed by atoms with Crippen LogP contribution in [-0.2, 0) is 19.4 Å². The van der Waals surface area contributed by atoms with E-state index in [2.05, 4.69) is 0 Å². The first-order valence-corrected chi connectivity index (χ1v) is 6.80. The number of carbonyl (C=O) groups is 1. The molecule has 1 aliphatic heterocycles. The van der Waals surface area contributed by atoms with Crippen LogP contribution in [0.5, 0.6) is 0 Å². The Morgan fingerprint density at radius 3 is 2.43 bits per heavy atom.